The highest BCUT2D eigenvalue weighted by molar-refractivity contribution is 7.89. The number of benzene rings is 2. The summed E-state index contributed by atoms with van der Waals surface area (Å²) in [6.07, 6.45) is 0.608. The van der Waals surface area contributed by atoms with E-state index in [0.29, 0.717) is 16.6 Å². The second kappa shape index (κ2) is 10.8. The molecule has 0 spiro atoms. The average molecular weight is 517 g/mol. The Labute approximate surface area is 211 Å². The molecule has 188 valence electrons. The molecule has 8 nitrogen and oxygen atoms in total. The number of nitrogens with zero attached hydrogens (tertiary/aromatic N) is 2. The zero-order valence-electron chi connectivity index (χ0n) is 20.8. The molecule has 0 bridgehead atoms. The van der Waals surface area contributed by atoms with Crippen molar-refractivity contribution in [2.45, 2.75) is 57.4 Å². The van der Waals surface area contributed by atoms with Crippen molar-refractivity contribution >= 4 is 32.4 Å². The first-order chi connectivity index (χ1) is 16.4. The number of amides is 1. The van der Waals surface area contributed by atoms with Crippen molar-refractivity contribution in [3.63, 3.8) is 0 Å². The van der Waals surface area contributed by atoms with Crippen LogP contribution in [0.25, 0.3) is 10.6 Å². The second-order valence-corrected chi connectivity index (χ2v) is 12.1. The number of anilines is 1. The van der Waals surface area contributed by atoms with E-state index in [1.165, 1.54) is 11.3 Å². The van der Waals surface area contributed by atoms with Crippen molar-refractivity contribution in [3.05, 3.63) is 54.1 Å². The summed E-state index contributed by atoms with van der Waals surface area (Å²) < 4.78 is 34.0. The molecule has 10 heteroatoms. The Hall–Kier alpha value is -2.82. The Morgan fingerprint density at radius 2 is 1.69 bits per heavy atom. The summed E-state index contributed by atoms with van der Waals surface area (Å²) in [6.45, 7) is 9.92. The predicted octanol–water partition coefficient (Wildman–Crippen LogP) is 4.84. The number of rotatable bonds is 9. The maximum atomic E-state index is 13.1. The van der Waals surface area contributed by atoms with Crippen LogP contribution in [0.5, 0.6) is 5.75 Å². The molecule has 2 atom stereocenters. The third-order valence-corrected chi connectivity index (χ3v) is 8.15. The van der Waals surface area contributed by atoms with Crippen molar-refractivity contribution in [1.29, 1.82) is 0 Å². The monoisotopic (exact) mass is 516 g/mol. The summed E-state index contributed by atoms with van der Waals surface area (Å²) in [5, 5.41) is 11.9. The lowest BCUT2D eigenvalue weighted by Crippen LogP contribution is -2.47. The number of methoxy groups -OCH3 is 1. The van der Waals surface area contributed by atoms with Crippen LogP contribution in [0.3, 0.4) is 0 Å². The third-order valence-electron chi connectivity index (χ3n) is 5.80. The van der Waals surface area contributed by atoms with E-state index in [4.69, 9.17) is 4.74 Å². The first kappa shape index (κ1) is 26.8. The molecule has 35 heavy (non-hydrogen) atoms. The Morgan fingerprint density at radius 1 is 1.06 bits per heavy atom. The molecular weight excluding hydrogens is 484 g/mol. The number of aromatic nitrogens is 2. The smallest absolute Gasteiger partial charge is 0.244 e. The van der Waals surface area contributed by atoms with Gasteiger partial charge in [-0.2, -0.15) is 4.72 Å². The minimum absolute atomic E-state index is 0.0960. The fourth-order valence-electron chi connectivity index (χ4n) is 3.34. The van der Waals surface area contributed by atoms with Crippen molar-refractivity contribution in [1.82, 2.24) is 14.9 Å². The van der Waals surface area contributed by atoms with Crippen molar-refractivity contribution in [2.24, 2.45) is 5.92 Å². The van der Waals surface area contributed by atoms with E-state index in [2.05, 4.69) is 41.0 Å². The molecule has 0 aliphatic rings. The molecule has 2 unspecified atom stereocenters. The number of sulfonamides is 1. The SMILES string of the molecule is CCC(C)C(NS(=O)(=O)c1ccc(C(C)(C)C)cc1)C(=O)Nc1nnc(-c2ccc(OC)cc2)s1. The Balaban J connectivity index is 1.77. The summed E-state index contributed by atoms with van der Waals surface area (Å²) >= 11 is 1.21. The molecule has 0 saturated carbocycles. The molecule has 1 heterocycles. The van der Waals surface area contributed by atoms with Crippen molar-refractivity contribution < 1.29 is 17.9 Å². The maximum absolute atomic E-state index is 13.1. The fourth-order valence-corrected chi connectivity index (χ4v) is 5.40. The van der Waals surface area contributed by atoms with Gasteiger partial charge in [0.15, 0.2) is 0 Å². The second-order valence-electron chi connectivity index (χ2n) is 9.39. The molecule has 2 N–H and O–H groups in total. The minimum Gasteiger partial charge on any atom is -0.497 e. The zero-order valence-corrected chi connectivity index (χ0v) is 22.5. The highest BCUT2D eigenvalue weighted by atomic mass is 32.2. The van der Waals surface area contributed by atoms with E-state index in [-0.39, 0.29) is 16.2 Å². The van der Waals surface area contributed by atoms with Crippen LogP contribution in [0.2, 0.25) is 0 Å². The highest BCUT2D eigenvalue weighted by Gasteiger charge is 2.30. The number of hydrogen-bond acceptors (Lipinski definition) is 7. The van der Waals surface area contributed by atoms with Gasteiger partial charge in [-0.05, 0) is 53.3 Å². The van der Waals surface area contributed by atoms with Gasteiger partial charge in [-0.1, -0.05) is 64.5 Å². The molecule has 0 saturated heterocycles. The van der Waals surface area contributed by atoms with Gasteiger partial charge in [0, 0.05) is 5.56 Å². The number of carbonyl (C=O) groups excluding carboxylic acids is 1. The summed E-state index contributed by atoms with van der Waals surface area (Å²) in [7, 11) is -2.32. The van der Waals surface area contributed by atoms with Crippen LogP contribution in [0.15, 0.2) is 53.4 Å². The standard InChI is InChI=1S/C25H32N4O4S2/c1-7-16(2)21(29-35(31,32)20-14-10-18(11-15-20)25(3,4)5)22(30)26-24-28-27-23(34-24)17-8-12-19(33-6)13-9-17/h8-16,21,29H,7H2,1-6H3,(H,26,28,30). The number of carbonyl (C=O) groups is 1. The molecule has 3 rings (SSSR count). The van der Waals surface area contributed by atoms with Crippen LogP contribution in [0, 0.1) is 5.92 Å². The minimum atomic E-state index is -3.91. The van der Waals surface area contributed by atoms with Gasteiger partial charge in [-0.25, -0.2) is 8.42 Å². The van der Waals surface area contributed by atoms with E-state index < -0.39 is 22.0 Å². The largest absolute Gasteiger partial charge is 0.497 e. The van der Waals surface area contributed by atoms with Crippen molar-refractivity contribution in [2.75, 3.05) is 12.4 Å². The van der Waals surface area contributed by atoms with Gasteiger partial charge in [0.05, 0.1) is 12.0 Å². The Morgan fingerprint density at radius 3 is 2.23 bits per heavy atom. The van der Waals surface area contributed by atoms with E-state index in [0.717, 1.165) is 16.9 Å². The summed E-state index contributed by atoms with van der Waals surface area (Å²) in [6, 6.07) is 13.1. The lowest BCUT2D eigenvalue weighted by molar-refractivity contribution is -0.118. The van der Waals surface area contributed by atoms with Crippen LogP contribution in [-0.4, -0.2) is 37.7 Å². The quantitative estimate of drug-likeness (QED) is 0.421. The van der Waals surface area contributed by atoms with Gasteiger partial charge in [0.2, 0.25) is 21.1 Å². The van der Waals surface area contributed by atoms with Crippen LogP contribution in [0.1, 0.15) is 46.6 Å². The third kappa shape index (κ3) is 6.65. The summed E-state index contributed by atoms with van der Waals surface area (Å²) in [5.74, 6) is 0.00258. The predicted molar refractivity (Wildman–Crippen MR) is 139 cm³/mol. The topological polar surface area (TPSA) is 110 Å². The van der Waals surface area contributed by atoms with Crippen LogP contribution < -0.4 is 14.8 Å². The fraction of sp³-hybridized carbons (Fsp3) is 0.400. The number of nitrogens with one attached hydrogen (secondary N) is 2. The van der Waals surface area contributed by atoms with Crippen molar-refractivity contribution in [3.8, 4) is 16.3 Å². The van der Waals surface area contributed by atoms with Crippen LogP contribution in [-0.2, 0) is 20.2 Å². The molecule has 0 radical (unpaired) electrons. The molecular formula is C25H32N4O4S2. The Kier molecular flexibility index (Phi) is 8.30. The van der Waals surface area contributed by atoms with Gasteiger partial charge < -0.3 is 4.74 Å². The molecule has 0 aliphatic carbocycles. The van der Waals surface area contributed by atoms with E-state index >= 15 is 0 Å². The summed E-state index contributed by atoms with van der Waals surface area (Å²) in [4.78, 5) is 13.2. The number of ether oxygens (including phenoxy) is 1. The van der Waals surface area contributed by atoms with E-state index in [1.807, 2.05) is 38.1 Å². The van der Waals surface area contributed by atoms with Crippen LogP contribution in [0.4, 0.5) is 5.13 Å². The average Bonchev–Trinajstić information content (AvgIpc) is 3.30. The number of hydrogen-bond donors (Lipinski definition) is 2. The van der Waals surface area contributed by atoms with E-state index in [9.17, 15) is 13.2 Å². The molecule has 1 amide bonds. The lowest BCUT2D eigenvalue weighted by Gasteiger charge is -2.23. The zero-order chi connectivity index (χ0) is 25.8. The first-order valence-corrected chi connectivity index (χ1v) is 13.7. The highest BCUT2D eigenvalue weighted by Crippen LogP contribution is 2.28. The van der Waals surface area contributed by atoms with Gasteiger partial charge in [0.1, 0.15) is 16.8 Å². The molecule has 2 aromatic carbocycles. The van der Waals surface area contributed by atoms with E-state index in [1.54, 1.807) is 31.4 Å². The molecule has 0 aliphatic heterocycles. The normalized spacial score (nSPS) is 13.8. The van der Waals surface area contributed by atoms with Gasteiger partial charge >= 0.3 is 0 Å². The van der Waals surface area contributed by atoms with Gasteiger partial charge in [-0.3, -0.25) is 10.1 Å². The lowest BCUT2D eigenvalue weighted by atomic mass is 9.87. The Bertz CT molecular complexity index is 1250. The maximum Gasteiger partial charge on any atom is 0.244 e. The molecule has 1 aromatic heterocycles. The molecule has 0 fully saturated rings. The molecule has 3 aromatic rings. The van der Waals surface area contributed by atoms with Crippen LogP contribution >= 0.6 is 11.3 Å². The summed E-state index contributed by atoms with van der Waals surface area (Å²) in [5.41, 5.74) is 1.76. The van der Waals surface area contributed by atoms with Gasteiger partial charge in [0.25, 0.3) is 0 Å². The van der Waals surface area contributed by atoms with Gasteiger partial charge in [-0.15, -0.1) is 10.2 Å². The first-order valence-electron chi connectivity index (χ1n) is 11.4.